The number of hydrogen-bond acceptors (Lipinski definition) is 7. The third-order valence-electron chi connectivity index (χ3n) is 3.16. The van der Waals surface area contributed by atoms with Gasteiger partial charge in [-0.1, -0.05) is 12.1 Å². The Morgan fingerprint density at radius 3 is 2.92 bits per heavy atom. The van der Waals surface area contributed by atoms with Crippen molar-refractivity contribution in [3.05, 3.63) is 41.3 Å². The Morgan fingerprint density at radius 2 is 2.12 bits per heavy atom. The second kappa shape index (κ2) is 7.02. The lowest BCUT2D eigenvalue weighted by Crippen LogP contribution is -2.39. The molecule has 0 bridgehead atoms. The number of hydrogen-bond donors (Lipinski definition) is 1. The molecule has 0 aliphatic carbocycles. The molecule has 2 aromatic rings. The first-order chi connectivity index (χ1) is 11.7. The van der Waals surface area contributed by atoms with Gasteiger partial charge in [-0.05, 0) is 23.6 Å². The highest BCUT2D eigenvalue weighted by Crippen LogP contribution is 2.31. The quantitative estimate of drug-likeness (QED) is 0.851. The summed E-state index contributed by atoms with van der Waals surface area (Å²) in [6, 6.07) is 10.5. The van der Waals surface area contributed by atoms with Crippen LogP contribution in [0.5, 0.6) is 11.5 Å². The molecular weight excluding hydrogens is 332 g/mol. The smallest absolute Gasteiger partial charge is 0.351 e. The van der Waals surface area contributed by atoms with E-state index in [0.29, 0.717) is 22.1 Å². The summed E-state index contributed by atoms with van der Waals surface area (Å²) >= 11 is 1.22. The Bertz CT molecular complexity index is 811. The number of ether oxygens (including phenoxy) is 3. The van der Waals surface area contributed by atoms with Crippen molar-refractivity contribution in [1.29, 1.82) is 5.26 Å². The van der Waals surface area contributed by atoms with Crippen molar-refractivity contribution in [2.45, 2.75) is 6.10 Å². The molecule has 1 aromatic heterocycles. The zero-order chi connectivity index (χ0) is 16.9. The van der Waals surface area contributed by atoms with Crippen LogP contribution in [-0.2, 0) is 14.3 Å². The molecule has 8 heteroatoms. The molecule has 1 aliphatic rings. The number of rotatable bonds is 4. The maximum atomic E-state index is 12.0. The summed E-state index contributed by atoms with van der Waals surface area (Å²) in [7, 11) is 0. The lowest BCUT2D eigenvalue weighted by Gasteiger charge is -2.24. The normalized spacial score (nSPS) is 15.2. The molecule has 0 saturated carbocycles. The van der Waals surface area contributed by atoms with Crippen LogP contribution in [0.1, 0.15) is 5.56 Å². The summed E-state index contributed by atoms with van der Waals surface area (Å²) in [5.41, 5.74) is 0.361. The minimum Gasteiger partial charge on any atom is -0.485 e. The largest absolute Gasteiger partial charge is 0.485 e. The predicted octanol–water partition coefficient (Wildman–Crippen LogP) is 1.94. The summed E-state index contributed by atoms with van der Waals surface area (Å²) in [5.74, 6) is -0.209. The second-order valence-electron chi connectivity index (χ2n) is 4.80. The van der Waals surface area contributed by atoms with E-state index in [9.17, 15) is 9.59 Å². The Kier molecular flexibility index (Phi) is 4.63. The van der Waals surface area contributed by atoms with Crippen molar-refractivity contribution < 1.29 is 23.8 Å². The number of carbonyl (C=O) groups excluding carboxylic acids is 2. The van der Waals surface area contributed by atoms with Crippen LogP contribution in [0.2, 0.25) is 0 Å². The first kappa shape index (κ1) is 15.8. The van der Waals surface area contributed by atoms with Crippen LogP contribution in [0.3, 0.4) is 0 Å². The number of anilines is 1. The summed E-state index contributed by atoms with van der Waals surface area (Å²) in [5, 5.41) is 13.5. The van der Waals surface area contributed by atoms with Gasteiger partial charge in [-0.25, -0.2) is 4.79 Å². The maximum Gasteiger partial charge on any atom is 0.351 e. The van der Waals surface area contributed by atoms with E-state index in [1.165, 1.54) is 11.3 Å². The fraction of sp³-hybridized carbons (Fsp3) is 0.188. The van der Waals surface area contributed by atoms with Gasteiger partial charge in [0.2, 0.25) is 6.10 Å². The SMILES string of the molecule is N#Cc1ccsc1NC(=O)COC(=O)C1COc2ccccc2O1. The van der Waals surface area contributed by atoms with Crippen LogP contribution in [0.15, 0.2) is 35.7 Å². The zero-order valence-corrected chi connectivity index (χ0v) is 13.2. The van der Waals surface area contributed by atoms with Gasteiger partial charge < -0.3 is 19.5 Å². The molecule has 1 aromatic carbocycles. The van der Waals surface area contributed by atoms with Crippen LogP contribution in [0, 0.1) is 11.3 Å². The van der Waals surface area contributed by atoms with Crippen LogP contribution >= 0.6 is 11.3 Å². The molecule has 1 atom stereocenters. The van der Waals surface area contributed by atoms with Crippen LogP contribution in [-0.4, -0.2) is 31.2 Å². The van der Waals surface area contributed by atoms with Crippen molar-refractivity contribution in [3.63, 3.8) is 0 Å². The van der Waals surface area contributed by atoms with Crippen LogP contribution in [0.25, 0.3) is 0 Å². The summed E-state index contributed by atoms with van der Waals surface area (Å²) in [6.45, 7) is -0.454. The average Bonchev–Trinajstić information content (AvgIpc) is 3.06. The number of nitriles is 1. The van der Waals surface area contributed by atoms with E-state index in [1.807, 2.05) is 6.07 Å². The minimum absolute atomic E-state index is 0.0149. The average molecular weight is 344 g/mol. The molecule has 1 amide bonds. The number of nitrogens with zero attached hydrogens (tertiary/aromatic N) is 1. The Hall–Kier alpha value is -3.05. The molecule has 0 saturated heterocycles. The van der Waals surface area contributed by atoms with E-state index < -0.39 is 24.6 Å². The third kappa shape index (κ3) is 3.47. The van der Waals surface area contributed by atoms with Gasteiger partial charge in [0.1, 0.15) is 17.7 Å². The number of carbonyl (C=O) groups is 2. The molecule has 0 fully saturated rings. The van der Waals surface area contributed by atoms with Crippen molar-refractivity contribution >= 4 is 28.2 Å². The van der Waals surface area contributed by atoms with Gasteiger partial charge in [0, 0.05) is 0 Å². The molecular formula is C16H12N2O5S. The number of para-hydroxylation sites is 2. The van der Waals surface area contributed by atoms with Gasteiger partial charge in [0.15, 0.2) is 18.1 Å². The van der Waals surface area contributed by atoms with Crippen molar-refractivity contribution in [1.82, 2.24) is 0 Å². The molecule has 0 radical (unpaired) electrons. The molecule has 7 nitrogen and oxygen atoms in total. The Labute approximate surface area is 141 Å². The van der Waals surface area contributed by atoms with Gasteiger partial charge in [-0.3, -0.25) is 4.79 Å². The summed E-state index contributed by atoms with van der Waals surface area (Å²) in [6.07, 6.45) is -0.927. The summed E-state index contributed by atoms with van der Waals surface area (Å²) < 4.78 is 15.9. The van der Waals surface area contributed by atoms with Gasteiger partial charge in [-0.2, -0.15) is 5.26 Å². The van der Waals surface area contributed by atoms with Gasteiger partial charge in [-0.15, -0.1) is 11.3 Å². The zero-order valence-electron chi connectivity index (χ0n) is 12.4. The van der Waals surface area contributed by atoms with Gasteiger partial charge >= 0.3 is 5.97 Å². The number of fused-ring (bicyclic) bond motifs is 1. The number of esters is 1. The standard InChI is InChI=1S/C16H12N2O5S/c17-7-10-5-6-24-15(10)18-14(19)9-22-16(20)13-8-21-11-3-1-2-4-12(11)23-13/h1-6,13H,8-9H2,(H,18,19). The van der Waals surface area contributed by atoms with E-state index in [4.69, 9.17) is 19.5 Å². The highest BCUT2D eigenvalue weighted by Gasteiger charge is 2.29. The van der Waals surface area contributed by atoms with Gasteiger partial charge in [0.25, 0.3) is 5.91 Å². The third-order valence-corrected chi connectivity index (χ3v) is 3.99. The topological polar surface area (TPSA) is 97.7 Å². The molecule has 24 heavy (non-hydrogen) atoms. The molecule has 1 aliphatic heterocycles. The number of thiophene rings is 1. The molecule has 122 valence electrons. The van der Waals surface area contributed by atoms with Crippen LogP contribution < -0.4 is 14.8 Å². The molecule has 3 rings (SSSR count). The van der Waals surface area contributed by atoms with Gasteiger partial charge in [0.05, 0.1) is 5.56 Å². The maximum absolute atomic E-state index is 12.0. The van der Waals surface area contributed by atoms with Crippen molar-refractivity contribution in [2.75, 3.05) is 18.5 Å². The lowest BCUT2D eigenvalue weighted by molar-refractivity contribution is -0.156. The fourth-order valence-electron chi connectivity index (χ4n) is 2.02. The lowest BCUT2D eigenvalue weighted by atomic mass is 10.2. The van der Waals surface area contributed by atoms with Crippen LogP contribution in [0.4, 0.5) is 5.00 Å². The monoisotopic (exact) mass is 344 g/mol. The van der Waals surface area contributed by atoms with Crippen molar-refractivity contribution in [3.8, 4) is 17.6 Å². The molecule has 0 spiro atoms. The van der Waals surface area contributed by atoms with E-state index in [2.05, 4.69) is 5.32 Å². The predicted molar refractivity (Wildman–Crippen MR) is 85.0 cm³/mol. The first-order valence-electron chi connectivity index (χ1n) is 7.00. The highest BCUT2D eigenvalue weighted by molar-refractivity contribution is 7.14. The Morgan fingerprint density at radius 1 is 1.33 bits per heavy atom. The molecule has 2 heterocycles. The van der Waals surface area contributed by atoms with Crippen molar-refractivity contribution in [2.24, 2.45) is 0 Å². The fourth-order valence-corrected chi connectivity index (χ4v) is 2.78. The first-order valence-corrected chi connectivity index (χ1v) is 7.88. The van der Waals surface area contributed by atoms with E-state index in [-0.39, 0.29) is 6.61 Å². The number of benzene rings is 1. The molecule has 1 unspecified atom stereocenters. The minimum atomic E-state index is -0.927. The number of amides is 1. The molecule has 1 N–H and O–H groups in total. The van der Waals surface area contributed by atoms with E-state index in [1.54, 1.807) is 35.7 Å². The second-order valence-corrected chi connectivity index (χ2v) is 5.71. The Balaban J connectivity index is 1.51. The van der Waals surface area contributed by atoms with E-state index in [0.717, 1.165) is 0 Å². The highest BCUT2D eigenvalue weighted by atomic mass is 32.1. The number of nitrogens with one attached hydrogen (secondary N) is 1. The van der Waals surface area contributed by atoms with E-state index >= 15 is 0 Å². The summed E-state index contributed by atoms with van der Waals surface area (Å²) in [4.78, 5) is 23.8.